The molecule has 70 valence electrons. The Morgan fingerprint density at radius 2 is 1.91 bits per heavy atom. The largest absolute Gasteiger partial charge is 0.326 e. The van der Waals surface area contributed by atoms with Gasteiger partial charge in [-0.25, -0.2) is 4.39 Å². The molecule has 1 rings (SSSR count). The van der Waals surface area contributed by atoms with E-state index in [0.29, 0.717) is 13.0 Å². The lowest BCUT2D eigenvalue weighted by molar-refractivity contribution is 0.147. The lowest BCUT2D eigenvalue weighted by atomic mass is 10.1. The van der Waals surface area contributed by atoms with Crippen LogP contribution in [-0.2, 0) is 0 Å². The van der Waals surface area contributed by atoms with Gasteiger partial charge in [0.05, 0.1) is 0 Å². The summed E-state index contributed by atoms with van der Waals surface area (Å²) in [5.41, 5.74) is 5.53. The van der Waals surface area contributed by atoms with Crippen molar-refractivity contribution >= 4 is 24.8 Å². The van der Waals surface area contributed by atoms with Gasteiger partial charge in [0.15, 0.2) is 0 Å². The Bertz CT molecular complexity index is 79.6. The predicted octanol–water partition coefficient (Wildman–Crippen LogP) is 0.831. The molecule has 0 aromatic carbocycles. The number of hydrogen-bond donors (Lipinski definition) is 1. The number of nitrogens with two attached hydrogens (primary N) is 1. The van der Waals surface area contributed by atoms with Crippen LogP contribution in [0.4, 0.5) is 4.39 Å². The molecule has 2 N–H and O–H groups in total. The van der Waals surface area contributed by atoms with Crippen LogP contribution >= 0.6 is 24.8 Å². The van der Waals surface area contributed by atoms with E-state index in [1.807, 2.05) is 11.9 Å². The van der Waals surface area contributed by atoms with Crippen LogP contribution < -0.4 is 5.73 Å². The van der Waals surface area contributed by atoms with Crippen LogP contribution in [0.3, 0.4) is 0 Å². The van der Waals surface area contributed by atoms with Crippen molar-refractivity contribution in [2.24, 2.45) is 5.73 Å². The third-order valence-corrected chi connectivity index (χ3v) is 1.61. The summed E-state index contributed by atoms with van der Waals surface area (Å²) < 4.78 is 12.6. The molecule has 2 nitrogen and oxygen atoms in total. The third kappa shape index (κ3) is 4.80. The monoisotopic (exact) mass is 204 g/mol. The Labute approximate surface area is 79.1 Å². The van der Waals surface area contributed by atoms with Crippen molar-refractivity contribution in [3.8, 4) is 0 Å². The first kappa shape index (κ1) is 14.0. The Balaban J connectivity index is 0. The van der Waals surface area contributed by atoms with E-state index in [1.54, 1.807) is 0 Å². The Morgan fingerprint density at radius 3 is 2.27 bits per heavy atom. The summed E-state index contributed by atoms with van der Waals surface area (Å²) in [6.45, 7) is 1.38. The van der Waals surface area contributed by atoms with Gasteiger partial charge in [-0.05, 0) is 13.5 Å². The molecular weight excluding hydrogens is 190 g/mol. The highest BCUT2D eigenvalue weighted by Gasteiger charge is 2.21. The zero-order valence-corrected chi connectivity index (χ0v) is 8.13. The van der Waals surface area contributed by atoms with E-state index >= 15 is 0 Å². The number of piperidine rings is 1. The number of alkyl halides is 1. The molecule has 1 heterocycles. The average Bonchev–Trinajstić information content (AvgIpc) is 1.59. The first-order valence-corrected chi connectivity index (χ1v) is 3.26. The standard InChI is InChI=1S/C6H13FN2.2ClH/c1-9-3-5(7)2-6(8)4-9;;/h5-6H,2-4,8H2,1H3;2*1H/t5-,6-;;/m1../s1. The number of rotatable bonds is 0. The quantitative estimate of drug-likeness (QED) is 0.634. The summed E-state index contributed by atoms with van der Waals surface area (Å²) in [5.74, 6) is 0. The van der Waals surface area contributed by atoms with Gasteiger partial charge >= 0.3 is 0 Å². The first-order chi connectivity index (χ1) is 4.18. The predicted molar refractivity (Wildman–Crippen MR) is 49.5 cm³/mol. The van der Waals surface area contributed by atoms with Crippen molar-refractivity contribution in [2.45, 2.75) is 18.6 Å². The third-order valence-electron chi connectivity index (χ3n) is 1.61. The molecule has 0 saturated carbocycles. The highest BCUT2D eigenvalue weighted by Crippen LogP contribution is 2.09. The molecule has 0 bridgehead atoms. The molecule has 0 amide bonds. The van der Waals surface area contributed by atoms with Gasteiger partial charge in [0.1, 0.15) is 6.17 Å². The first-order valence-electron chi connectivity index (χ1n) is 3.26. The van der Waals surface area contributed by atoms with Gasteiger partial charge in [-0.15, -0.1) is 24.8 Å². The fourth-order valence-electron chi connectivity index (χ4n) is 1.29. The van der Waals surface area contributed by atoms with E-state index in [0.717, 1.165) is 6.54 Å². The average molecular weight is 205 g/mol. The summed E-state index contributed by atoms with van der Waals surface area (Å²) in [5, 5.41) is 0. The van der Waals surface area contributed by atoms with Crippen molar-refractivity contribution in [2.75, 3.05) is 20.1 Å². The fourth-order valence-corrected chi connectivity index (χ4v) is 1.29. The maximum atomic E-state index is 12.6. The number of nitrogens with zero attached hydrogens (tertiary/aromatic N) is 1. The minimum atomic E-state index is -0.709. The van der Waals surface area contributed by atoms with E-state index in [1.165, 1.54) is 0 Å². The molecule has 11 heavy (non-hydrogen) atoms. The van der Waals surface area contributed by atoms with E-state index in [2.05, 4.69) is 0 Å². The lowest BCUT2D eigenvalue weighted by Gasteiger charge is -2.29. The fraction of sp³-hybridized carbons (Fsp3) is 1.00. The Hall–Kier alpha value is 0.430. The molecule has 1 aliphatic heterocycles. The van der Waals surface area contributed by atoms with Crippen LogP contribution in [0.2, 0.25) is 0 Å². The zero-order chi connectivity index (χ0) is 6.85. The lowest BCUT2D eigenvalue weighted by Crippen LogP contribution is -2.45. The molecular formula is C6H15Cl2FN2. The number of likely N-dealkylation sites (N-methyl/N-ethyl adjacent to an activating group) is 1. The van der Waals surface area contributed by atoms with Crippen LogP contribution in [0.25, 0.3) is 0 Å². The zero-order valence-electron chi connectivity index (χ0n) is 6.50. The molecule has 0 aromatic heterocycles. The van der Waals surface area contributed by atoms with E-state index in [-0.39, 0.29) is 30.9 Å². The van der Waals surface area contributed by atoms with E-state index in [4.69, 9.17) is 5.73 Å². The summed E-state index contributed by atoms with van der Waals surface area (Å²) >= 11 is 0. The van der Waals surface area contributed by atoms with Crippen molar-refractivity contribution in [3.05, 3.63) is 0 Å². The van der Waals surface area contributed by atoms with Crippen LogP contribution in [0.5, 0.6) is 0 Å². The van der Waals surface area contributed by atoms with Gasteiger partial charge in [0.25, 0.3) is 0 Å². The van der Waals surface area contributed by atoms with Crippen LogP contribution in [0.15, 0.2) is 0 Å². The van der Waals surface area contributed by atoms with Gasteiger partial charge in [-0.3, -0.25) is 0 Å². The summed E-state index contributed by atoms with van der Waals surface area (Å²) in [6.07, 6.45) is -0.177. The van der Waals surface area contributed by atoms with Crippen molar-refractivity contribution in [1.82, 2.24) is 4.90 Å². The second-order valence-electron chi connectivity index (χ2n) is 2.81. The van der Waals surface area contributed by atoms with Crippen molar-refractivity contribution in [3.63, 3.8) is 0 Å². The van der Waals surface area contributed by atoms with Gasteiger partial charge in [0, 0.05) is 19.1 Å². The normalized spacial score (nSPS) is 31.9. The Kier molecular flexibility index (Phi) is 7.63. The molecule has 2 atom stereocenters. The molecule has 0 spiro atoms. The number of likely N-dealkylation sites (tertiary alicyclic amines) is 1. The van der Waals surface area contributed by atoms with E-state index in [9.17, 15) is 4.39 Å². The Morgan fingerprint density at radius 1 is 1.36 bits per heavy atom. The maximum absolute atomic E-state index is 12.6. The number of halogens is 3. The maximum Gasteiger partial charge on any atom is 0.114 e. The molecule has 1 saturated heterocycles. The topological polar surface area (TPSA) is 29.3 Å². The van der Waals surface area contributed by atoms with Crippen LogP contribution in [0.1, 0.15) is 6.42 Å². The SMILES string of the molecule is CN1C[C@H](N)C[C@@H](F)C1.Cl.Cl. The van der Waals surface area contributed by atoms with Gasteiger partial charge in [-0.2, -0.15) is 0 Å². The van der Waals surface area contributed by atoms with Crippen LogP contribution in [0, 0.1) is 0 Å². The highest BCUT2D eigenvalue weighted by molar-refractivity contribution is 5.85. The van der Waals surface area contributed by atoms with E-state index < -0.39 is 6.17 Å². The molecule has 5 heteroatoms. The summed E-state index contributed by atoms with van der Waals surface area (Å²) in [4.78, 5) is 1.93. The highest BCUT2D eigenvalue weighted by atomic mass is 35.5. The molecule has 1 aliphatic rings. The summed E-state index contributed by atoms with van der Waals surface area (Å²) in [6, 6.07) is 0.0405. The molecule has 1 fully saturated rings. The van der Waals surface area contributed by atoms with Gasteiger partial charge in [-0.1, -0.05) is 0 Å². The summed E-state index contributed by atoms with van der Waals surface area (Å²) in [7, 11) is 1.89. The minimum absolute atomic E-state index is 0. The van der Waals surface area contributed by atoms with Crippen molar-refractivity contribution < 1.29 is 4.39 Å². The smallest absolute Gasteiger partial charge is 0.114 e. The van der Waals surface area contributed by atoms with Gasteiger partial charge < -0.3 is 10.6 Å². The molecule has 0 unspecified atom stereocenters. The number of hydrogen-bond acceptors (Lipinski definition) is 2. The van der Waals surface area contributed by atoms with Crippen LogP contribution in [-0.4, -0.2) is 37.3 Å². The second kappa shape index (κ2) is 6.00. The molecule has 0 aliphatic carbocycles. The van der Waals surface area contributed by atoms with Gasteiger partial charge in [0.2, 0.25) is 0 Å². The second-order valence-corrected chi connectivity index (χ2v) is 2.81. The van der Waals surface area contributed by atoms with Crippen molar-refractivity contribution in [1.29, 1.82) is 0 Å². The molecule has 0 aromatic rings. The minimum Gasteiger partial charge on any atom is -0.326 e. The molecule has 0 radical (unpaired) electrons.